The van der Waals surface area contributed by atoms with Gasteiger partial charge < -0.3 is 9.26 Å². The first-order valence-corrected chi connectivity index (χ1v) is 9.42. The summed E-state index contributed by atoms with van der Waals surface area (Å²) < 4.78 is 12.5. The Balaban J connectivity index is 1.63. The SMILES string of the molecule is CCCCn1nnnc1COC(=O)c1cc(-c2ccccc2)nc2onc(C)c12. The Hall–Kier alpha value is -3.62. The van der Waals surface area contributed by atoms with Gasteiger partial charge in [-0.25, -0.2) is 14.5 Å². The predicted molar refractivity (Wildman–Crippen MR) is 104 cm³/mol. The molecule has 0 spiro atoms. The van der Waals surface area contributed by atoms with Gasteiger partial charge in [-0.2, -0.15) is 0 Å². The lowest BCUT2D eigenvalue weighted by Crippen LogP contribution is -2.12. The summed E-state index contributed by atoms with van der Waals surface area (Å²) in [7, 11) is 0. The first kappa shape index (κ1) is 18.7. The number of pyridine rings is 1. The number of rotatable bonds is 7. The molecule has 0 radical (unpaired) electrons. The highest BCUT2D eigenvalue weighted by molar-refractivity contribution is 6.04. The van der Waals surface area contributed by atoms with Crippen molar-refractivity contribution in [1.82, 2.24) is 30.3 Å². The van der Waals surface area contributed by atoms with Crippen LogP contribution >= 0.6 is 0 Å². The Morgan fingerprint density at radius 2 is 2.07 bits per heavy atom. The molecule has 4 rings (SSSR count). The molecule has 0 bridgehead atoms. The van der Waals surface area contributed by atoms with Gasteiger partial charge in [0.05, 0.1) is 22.3 Å². The first-order valence-electron chi connectivity index (χ1n) is 9.42. The molecule has 0 unspecified atom stereocenters. The largest absolute Gasteiger partial charge is 0.454 e. The average Bonchev–Trinajstić information content (AvgIpc) is 3.36. The summed E-state index contributed by atoms with van der Waals surface area (Å²) >= 11 is 0. The lowest BCUT2D eigenvalue weighted by Gasteiger charge is -2.08. The third-order valence-corrected chi connectivity index (χ3v) is 4.57. The number of hydrogen-bond acceptors (Lipinski definition) is 8. The molecule has 9 nitrogen and oxygen atoms in total. The molecular weight excluding hydrogens is 372 g/mol. The minimum atomic E-state index is -0.508. The topological polar surface area (TPSA) is 109 Å². The van der Waals surface area contributed by atoms with Gasteiger partial charge in [0.15, 0.2) is 12.4 Å². The van der Waals surface area contributed by atoms with Gasteiger partial charge >= 0.3 is 5.97 Å². The Bertz CT molecular complexity index is 1140. The van der Waals surface area contributed by atoms with E-state index in [1.165, 1.54) is 0 Å². The molecule has 29 heavy (non-hydrogen) atoms. The highest BCUT2D eigenvalue weighted by Gasteiger charge is 2.21. The number of nitrogens with zero attached hydrogens (tertiary/aromatic N) is 6. The van der Waals surface area contributed by atoms with Gasteiger partial charge in [-0.1, -0.05) is 48.8 Å². The van der Waals surface area contributed by atoms with Crippen molar-refractivity contribution in [3.63, 3.8) is 0 Å². The fourth-order valence-electron chi connectivity index (χ4n) is 3.03. The molecule has 0 aliphatic carbocycles. The molecule has 3 heterocycles. The summed E-state index contributed by atoms with van der Waals surface area (Å²) in [5.74, 6) is -0.00616. The van der Waals surface area contributed by atoms with E-state index in [0.717, 1.165) is 18.4 Å². The number of fused-ring (bicyclic) bond motifs is 1. The first-order chi connectivity index (χ1) is 14.2. The van der Waals surface area contributed by atoms with Crippen LogP contribution in [0.4, 0.5) is 0 Å². The van der Waals surface area contributed by atoms with Crippen LogP contribution in [0.3, 0.4) is 0 Å². The smallest absolute Gasteiger partial charge is 0.339 e. The lowest BCUT2D eigenvalue weighted by atomic mass is 10.1. The molecule has 3 aromatic heterocycles. The quantitative estimate of drug-likeness (QED) is 0.441. The number of tetrazole rings is 1. The monoisotopic (exact) mass is 392 g/mol. The van der Waals surface area contributed by atoms with E-state index in [1.54, 1.807) is 17.7 Å². The molecule has 0 atom stereocenters. The normalized spacial score (nSPS) is 11.1. The summed E-state index contributed by atoms with van der Waals surface area (Å²) in [6.07, 6.45) is 1.96. The zero-order valence-corrected chi connectivity index (χ0v) is 16.2. The molecule has 0 fully saturated rings. The van der Waals surface area contributed by atoms with Crippen LogP contribution in [0.2, 0.25) is 0 Å². The number of benzene rings is 1. The van der Waals surface area contributed by atoms with Crippen LogP contribution in [0, 0.1) is 6.92 Å². The maximum Gasteiger partial charge on any atom is 0.339 e. The van der Waals surface area contributed by atoms with Gasteiger partial charge in [-0.15, -0.1) is 5.10 Å². The third kappa shape index (κ3) is 3.84. The van der Waals surface area contributed by atoms with Gasteiger partial charge in [-0.3, -0.25) is 0 Å². The second-order valence-corrected chi connectivity index (χ2v) is 6.62. The molecule has 0 aliphatic rings. The highest BCUT2D eigenvalue weighted by atomic mass is 16.5. The number of aryl methyl sites for hydroxylation is 2. The van der Waals surface area contributed by atoms with Crippen molar-refractivity contribution >= 4 is 17.1 Å². The van der Waals surface area contributed by atoms with Crippen LogP contribution in [0.5, 0.6) is 0 Å². The van der Waals surface area contributed by atoms with E-state index in [2.05, 4.69) is 32.6 Å². The van der Waals surface area contributed by atoms with Crippen molar-refractivity contribution in [3.05, 3.63) is 53.5 Å². The molecule has 0 amide bonds. The molecular formula is C20H20N6O3. The maximum absolute atomic E-state index is 12.9. The van der Waals surface area contributed by atoms with Gasteiger partial charge in [0.2, 0.25) is 0 Å². The summed E-state index contributed by atoms with van der Waals surface area (Å²) in [4.78, 5) is 17.4. The number of carbonyl (C=O) groups is 1. The number of aromatic nitrogens is 6. The molecule has 4 aromatic rings. The predicted octanol–water partition coefficient (Wildman–Crippen LogP) is 3.34. The van der Waals surface area contributed by atoms with E-state index in [0.29, 0.717) is 40.4 Å². The summed E-state index contributed by atoms with van der Waals surface area (Å²) in [6.45, 7) is 4.51. The summed E-state index contributed by atoms with van der Waals surface area (Å²) in [6, 6.07) is 11.2. The summed E-state index contributed by atoms with van der Waals surface area (Å²) in [5, 5.41) is 16.1. The number of carbonyl (C=O) groups excluding carboxylic acids is 1. The minimum absolute atomic E-state index is 0.0235. The van der Waals surface area contributed by atoms with E-state index in [1.807, 2.05) is 30.3 Å². The Morgan fingerprint density at radius 3 is 2.86 bits per heavy atom. The molecule has 1 aromatic carbocycles. The van der Waals surface area contributed by atoms with Gasteiger partial charge in [0.1, 0.15) is 0 Å². The lowest BCUT2D eigenvalue weighted by molar-refractivity contribution is 0.0458. The van der Waals surface area contributed by atoms with Crippen molar-refractivity contribution in [2.24, 2.45) is 0 Å². The zero-order chi connectivity index (χ0) is 20.2. The average molecular weight is 392 g/mol. The zero-order valence-electron chi connectivity index (χ0n) is 16.2. The summed E-state index contributed by atoms with van der Waals surface area (Å²) in [5.41, 5.74) is 2.69. The Morgan fingerprint density at radius 1 is 1.24 bits per heavy atom. The minimum Gasteiger partial charge on any atom is -0.454 e. The third-order valence-electron chi connectivity index (χ3n) is 4.57. The maximum atomic E-state index is 12.9. The van der Waals surface area contributed by atoms with Crippen LogP contribution in [-0.4, -0.2) is 36.3 Å². The molecule has 9 heteroatoms. The van der Waals surface area contributed by atoms with Crippen LogP contribution in [0.1, 0.15) is 41.6 Å². The second-order valence-electron chi connectivity index (χ2n) is 6.62. The van der Waals surface area contributed by atoms with Gasteiger partial charge in [0.25, 0.3) is 5.71 Å². The number of esters is 1. The van der Waals surface area contributed by atoms with Crippen LogP contribution in [0.15, 0.2) is 40.9 Å². The van der Waals surface area contributed by atoms with Crippen molar-refractivity contribution < 1.29 is 14.1 Å². The van der Waals surface area contributed by atoms with E-state index < -0.39 is 5.97 Å². The fourth-order valence-corrected chi connectivity index (χ4v) is 3.03. The van der Waals surface area contributed by atoms with Crippen molar-refractivity contribution in [2.75, 3.05) is 0 Å². The molecule has 0 saturated carbocycles. The second kappa shape index (κ2) is 8.17. The van der Waals surface area contributed by atoms with Crippen LogP contribution in [0.25, 0.3) is 22.4 Å². The van der Waals surface area contributed by atoms with Gasteiger partial charge in [0, 0.05) is 12.1 Å². The standard InChI is InChI=1S/C20H20N6O3/c1-3-4-10-26-17(22-24-25-26)12-28-20(27)15-11-16(14-8-6-5-7-9-14)21-19-18(15)13(2)23-29-19/h5-9,11H,3-4,10,12H2,1-2H3. The van der Waals surface area contributed by atoms with Crippen molar-refractivity contribution in [1.29, 1.82) is 0 Å². The van der Waals surface area contributed by atoms with Crippen molar-refractivity contribution in [3.8, 4) is 11.3 Å². The highest BCUT2D eigenvalue weighted by Crippen LogP contribution is 2.27. The molecule has 0 N–H and O–H groups in total. The molecule has 148 valence electrons. The van der Waals surface area contributed by atoms with Crippen molar-refractivity contribution in [2.45, 2.75) is 39.8 Å². The number of unbranched alkanes of at least 4 members (excludes halogenated alkanes) is 1. The fraction of sp³-hybridized carbons (Fsp3) is 0.300. The van der Waals surface area contributed by atoms with Crippen LogP contribution in [-0.2, 0) is 17.9 Å². The molecule has 0 saturated heterocycles. The Labute approximate surface area is 166 Å². The number of hydrogen-bond donors (Lipinski definition) is 0. The van der Waals surface area contributed by atoms with E-state index in [4.69, 9.17) is 9.26 Å². The van der Waals surface area contributed by atoms with Crippen LogP contribution < -0.4 is 0 Å². The van der Waals surface area contributed by atoms with E-state index in [9.17, 15) is 4.79 Å². The molecule has 0 aliphatic heterocycles. The Kier molecular flexibility index (Phi) is 5.28. The van der Waals surface area contributed by atoms with Gasteiger partial charge in [-0.05, 0) is 29.8 Å². The van der Waals surface area contributed by atoms with E-state index in [-0.39, 0.29) is 6.61 Å². The van der Waals surface area contributed by atoms with E-state index >= 15 is 0 Å². The number of ether oxygens (including phenoxy) is 1.